The summed E-state index contributed by atoms with van der Waals surface area (Å²) in [6.07, 6.45) is 2.24. The monoisotopic (exact) mass is 418 g/mol. The number of hydrogen-bond acceptors (Lipinski definition) is 7. The number of aliphatic hydroxyl groups excluding tert-OH is 2. The average molecular weight is 418 g/mol. The molecule has 2 saturated heterocycles. The van der Waals surface area contributed by atoms with Crippen molar-refractivity contribution in [1.82, 2.24) is 0 Å². The normalized spacial score (nSPS) is 33.6. The Balaban J connectivity index is 1.62. The molecule has 1 aromatic rings. The number of carbonyl (C=O) groups is 1. The molecule has 2 aliphatic heterocycles. The zero-order chi connectivity index (χ0) is 21.1. The summed E-state index contributed by atoms with van der Waals surface area (Å²) in [6.45, 7) is 3.32. The molecule has 7 nitrogen and oxygen atoms in total. The molecule has 1 spiro atoms. The van der Waals surface area contributed by atoms with E-state index in [1.165, 1.54) is 0 Å². The number of esters is 1. The molecule has 3 fully saturated rings. The number of aliphatic hydroxyl groups is 2. The highest BCUT2D eigenvalue weighted by atomic mass is 16.8. The van der Waals surface area contributed by atoms with Crippen LogP contribution in [0.15, 0.2) is 43.0 Å². The van der Waals surface area contributed by atoms with Gasteiger partial charge in [-0.2, -0.15) is 0 Å². The lowest BCUT2D eigenvalue weighted by Crippen LogP contribution is -2.61. The summed E-state index contributed by atoms with van der Waals surface area (Å²) < 4.78 is 24.8. The van der Waals surface area contributed by atoms with E-state index in [-0.39, 0.29) is 0 Å². The zero-order valence-corrected chi connectivity index (χ0v) is 17.0. The molecule has 30 heavy (non-hydrogen) atoms. The molecule has 0 aromatic heterocycles. The van der Waals surface area contributed by atoms with Gasteiger partial charge in [-0.1, -0.05) is 30.7 Å². The van der Waals surface area contributed by atoms with Crippen LogP contribution in [-0.4, -0.2) is 65.2 Å². The fourth-order valence-electron chi connectivity index (χ4n) is 4.74. The van der Waals surface area contributed by atoms with Gasteiger partial charge in [-0.05, 0) is 31.4 Å². The SMILES string of the molecule is C=CC[C@@H]1O[C@@H](C(O)CO)[C@H]2OC3(CCCCC3)O[C@H]2[C@H]1OC(=O)c1ccccc1. The molecule has 4 rings (SSSR count). The van der Waals surface area contributed by atoms with Crippen LogP contribution < -0.4 is 0 Å². The van der Waals surface area contributed by atoms with Crippen LogP contribution in [0.5, 0.6) is 0 Å². The van der Waals surface area contributed by atoms with E-state index in [1.807, 2.05) is 6.07 Å². The molecule has 6 atom stereocenters. The lowest BCUT2D eigenvalue weighted by atomic mass is 9.91. The topological polar surface area (TPSA) is 94.5 Å². The van der Waals surface area contributed by atoms with Crippen LogP contribution in [0.25, 0.3) is 0 Å². The first kappa shape index (κ1) is 21.5. The lowest BCUT2D eigenvalue weighted by molar-refractivity contribution is -0.217. The Morgan fingerprint density at radius 3 is 2.57 bits per heavy atom. The predicted octanol–water partition coefficient (Wildman–Crippen LogP) is 2.35. The van der Waals surface area contributed by atoms with E-state index in [0.717, 1.165) is 32.1 Å². The molecule has 164 valence electrons. The molecule has 1 aromatic carbocycles. The van der Waals surface area contributed by atoms with Gasteiger partial charge >= 0.3 is 5.97 Å². The second-order valence-corrected chi connectivity index (χ2v) is 8.29. The molecule has 1 saturated carbocycles. The molecule has 0 bridgehead atoms. The first-order valence-corrected chi connectivity index (χ1v) is 10.7. The third-order valence-corrected chi connectivity index (χ3v) is 6.20. The van der Waals surface area contributed by atoms with Crippen LogP contribution in [-0.2, 0) is 18.9 Å². The molecular weight excluding hydrogens is 388 g/mol. The van der Waals surface area contributed by atoms with Crippen LogP contribution >= 0.6 is 0 Å². The molecule has 7 heteroatoms. The first-order chi connectivity index (χ1) is 14.6. The van der Waals surface area contributed by atoms with Crippen molar-refractivity contribution in [2.75, 3.05) is 6.61 Å². The van der Waals surface area contributed by atoms with Crippen molar-refractivity contribution < 1.29 is 34.0 Å². The van der Waals surface area contributed by atoms with Crippen molar-refractivity contribution in [3.8, 4) is 0 Å². The quantitative estimate of drug-likeness (QED) is 0.541. The number of fused-ring (bicyclic) bond motifs is 1. The second-order valence-electron chi connectivity index (χ2n) is 8.29. The van der Waals surface area contributed by atoms with Gasteiger partial charge in [-0.3, -0.25) is 0 Å². The smallest absolute Gasteiger partial charge is 0.338 e. The molecule has 2 N–H and O–H groups in total. The number of carbonyl (C=O) groups excluding carboxylic acids is 1. The van der Waals surface area contributed by atoms with E-state index in [0.29, 0.717) is 12.0 Å². The van der Waals surface area contributed by atoms with Crippen LogP contribution in [0.1, 0.15) is 48.9 Å². The largest absolute Gasteiger partial charge is 0.453 e. The third-order valence-electron chi connectivity index (χ3n) is 6.20. The van der Waals surface area contributed by atoms with E-state index in [1.54, 1.807) is 30.3 Å². The Bertz CT molecular complexity index is 730. The van der Waals surface area contributed by atoms with E-state index in [2.05, 4.69) is 6.58 Å². The summed E-state index contributed by atoms with van der Waals surface area (Å²) >= 11 is 0. The number of rotatable bonds is 6. The van der Waals surface area contributed by atoms with E-state index in [4.69, 9.17) is 18.9 Å². The summed E-state index contributed by atoms with van der Waals surface area (Å²) in [5, 5.41) is 20.0. The minimum atomic E-state index is -1.13. The first-order valence-electron chi connectivity index (χ1n) is 10.7. The molecule has 1 unspecified atom stereocenters. The van der Waals surface area contributed by atoms with Crippen molar-refractivity contribution in [2.45, 2.75) is 80.9 Å². The summed E-state index contributed by atoms with van der Waals surface area (Å²) in [6, 6.07) is 8.77. The van der Waals surface area contributed by atoms with Gasteiger partial charge in [0, 0.05) is 12.8 Å². The van der Waals surface area contributed by atoms with E-state index in [9.17, 15) is 15.0 Å². The van der Waals surface area contributed by atoms with Gasteiger partial charge < -0.3 is 29.2 Å². The maximum Gasteiger partial charge on any atom is 0.338 e. The van der Waals surface area contributed by atoms with Crippen molar-refractivity contribution in [2.24, 2.45) is 0 Å². The summed E-state index contributed by atoms with van der Waals surface area (Å²) in [4.78, 5) is 12.8. The Morgan fingerprint density at radius 2 is 1.90 bits per heavy atom. The van der Waals surface area contributed by atoms with Crippen molar-refractivity contribution in [3.05, 3.63) is 48.6 Å². The maximum atomic E-state index is 12.8. The molecule has 3 aliphatic rings. The summed E-state index contributed by atoms with van der Waals surface area (Å²) in [5.41, 5.74) is 0.440. The molecule has 0 radical (unpaired) electrons. The molecule has 1 aliphatic carbocycles. The lowest BCUT2D eigenvalue weighted by Gasteiger charge is -2.42. The Morgan fingerprint density at radius 1 is 1.20 bits per heavy atom. The fourth-order valence-corrected chi connectivity index (χ4v) is 4.74. The Hall–Kier alpha value is -1.77. The second kappa shape index (κ2) is 9.16. The van der Waals surface area contributed by atoms with E-state index >= 15 is 0 Å². The summed E-state index contributed by atoms with van der Waals surface area (Å²) in [5.74, 6) is -1.23. The number of hydrogen-bond donors (Lipinski definition) is 2. The van der Waals surface area contributed by atoms with Crippen LogP contribution in [0.2, 0.25) is 0 Å². The minimum absolute atomic E-state index is 0.404. The minimum Gasteiger partial charge on any atom is -0.453 e. The van der Waals surface area contributed by atoms with Gasteiger partial charge in [-0.15, -0.1) is 6.58 Å². The standard InChI is InChI=1S/C23H30O7/c1-2-9-17-19(28-22(26)15-10-5-3-6-11-15)21-20(18(27-17)16(25)14-24)29-23(30-21)12-7-4-8-13-23/h2-3,5-6,10-11,16-21,24-25H,1,4,7-9,12-14H2/t16?,17-,18-,19-,20+,21-/m0/s1. The van der Waals surface area contributed by atoms with Gasteiger partial charge in [-0.25, -0.2) is 4.79 Å². The Kier molecular flexibility index (Phi) is 6.55. The van der Waals surface area contributed by atoms with Gasteiger partial charge in [0.25, 0.3) is 0 Å². The van der Waals surface area contributed by atoms with Crippen LogP contribution in [0, 0.1) is 0 Å². The Labute approximate surface area is 176 Å². The van der Waals surface area contributed by atoms with Crippen LogP contribution in [0.4, 0.5) is 0 Å². The maximum absolute atomic E-state index is 12.8. The van der Waals surface area contributed by atoms with Crippen molar-refractivity contribution in [1.29, 1.82) is 0 Å². The van der Waals surface area contributed by atoms with Gasteiger partial charge in [0.1, 0.15) is 30.5 Å². The van der Waals surface area contributed by atoms with Crippen molar-refractivity contribution in [3.63, 3.8) is 0 Å². The van der Waals surface area contributed by atoms with Gasteiger partial charge in [0.05, 0.1) is 12.2 Å². The molecular formula is C23H30O7. The van der Waals surface area contributed by atoms with Crippen LogP contribution in [0.3, 0.4) is 0 Å². The fraction of sp³-hybridized carbons (Fsp3) is 0.609. The molecule has 0 amide bonds. The highest BCUT2D eigenvalue weighted by Crippen LogP contribution is 2.46. The average Bonchev–Trinajstić information content (AvgIpc) is 3.14. The zero-order valence-electron chi connectivity index (χ0n) is 17.0. The predicted molar refractivity (Wildman–Crippen MR) is 108 cm³/mol. The summed E-state index contributed by atoms with van der Waals surface area (Å²) in [7, 11) is 0. The molecule has 2 heterocycles. The van der Waals surface area contributed by atoms with Gasteiger partial charge in [0.15, 0.2) is 11.9 Å². The van der Waals surface area contributed by atoms with Gasteiger partial charge in [0.2, 0.25) is 0 Å². The third kappa shape index (κ3) is 4.18. The highest BCUT2D eigenvalue weighted by molar-refractivity contribution is 5.89. The number of benzene rings is 1. The van der Waals surface area contributed by atoms with Crippen molar-refractivity contribution >= 4 is 5.97 Å². The van der Waals surface area contributed by atoms with E-state index < -0.39 is 55.0 Å². The highest BCUT2D eigenvalue weighted by Gasteiger charge is 2.60. The number of ether oxygens (including phenoxy) is 4.